The van der Waals surface area contributed by atoms with Crippen LogP contribution in [0.1, 0.15) is 18.1 Å². The monoisotopic (exact) mass is 484 g/mol. The topological polar surface area (TPSA) is 67.9 Å². The van der Waals surface area contributed by atoms with E-state index < -0.39 is 6.10 Å². The van der Waals surface area contributed by atoms with Crippen molar-refractivity contribution in [1.29, 1.82) is 0 Å². The predicted molar refractivity (Wildman–Crippen MR) is 129 cm³/mol. The molecular formula is C25H22Cl2N2O4. The van der Waals surface area contributed by atoms with Gasteiger partial charge in [-0.3, -0.25) is 9.59 Å². The number of benzene rings is 3. The molecular weight excluding hydrogens is 463 g/mol. The molecule has 1 aliphatic heterocycles. The lowest BCUT2D eigenvalue weighted by atomic mass is 10.1. The van der Waals surface area contributed by atoms with E-state index in [1.165, 1.54) is 0 Å². The normalized spacial score (nSPS) is 15.0. The highest BCUT2D eigenvalue weighted by molar-refractivity contribution is 6.35. The third kappa shape index (κ3) is 5.41. The number of rotatable bonds is 6. The van der Waals surface area contributed by atoms with E-state index in [4.69, 9.17) is 32.7 Å². The zero-order chi connectivity index (χ0) is 23.5. The number of amides is 2. The minimum atomic E-state index is -0.596. The summed E-state index contributed by atoms with van der Waals surface area (Å²) in [5, 5.41) is 3.58. The summed E-state index contributed by atoms with van der Waals surface area (Å²) in [5.41, 5.74) is 3.26. The number of hydrogen-bond acceptors (Lipinski definition) is 4. The summed E-state index contributed by atoms with van der Waals surface area (Å²) in [7, 11) is 0. The highest BCUT2D eigenvalue weighted by atomic mass is 35.5. The fourth-order valence-corrected chi connectivity index (χ4v) is 3.92. The molecule has 1 unspecified atom stereocenters. The van der Waals surface area contributed by atoms with Crippen LogP contribution in [-0.4, -0.2) is 24.5 Å². The molecule has 33 heavy (non-hydrogen) atoms. The van der Waals surface area contributed by atoms with Crippen molar-refractivity contribution in [1.82, 2.24) is 0 Å². The van der Waals surface area contributed by atoms with Crippen LogP contribution in [-0.2, 0) is 16.1 Å². The summed E-state index contributed by atoms with van der Waals surface area (Å²) < 4.78 is 11.3. The van der Waals surface area contributed by atoms with E-state index in [2.05, 4.69) is 5.32 Å². The van der Waals surface area contributed by atoms with Crippen LogP contribution in [0.2, 0.25) is 10.0 Å². The largest absolute Gasteiger partial charge is 0.482 e. The van der Waals surface area contributed by atoms with Gasteiger partial charge in [-0.2, -0.15) is 0 Å². The highest BCUT2D eigenvalue weighted by Gasteiger charge is 2.31. The molecule has 6 nitrogen and oxygen atoms in total. The molecule has 0 spiro atoms. The number of carbonyl (C=O) groups excluding carboxylic acids is 2. The second-order valence-corrected chi connectivity index (χ2v) is 8.61. The first-order valence-corrected chi connectivity index (χ1v) is 11.1. The first-order valence-electron chi connectivity index (χ1n) is 10.4. The number of fused-ring (bicyclic) bond motifs is 1. The molecule has 4 rings (SSSR count). The maximum atomic E-state index is 12.9. The van der Waals surface area contributed by atoms with E-state index in [1.807, 2.05) is 31.2 Å². The lowest BCUT2D eigenvalue weighted by Gasteiger charge is -2.33. The van der Waals surface area contributed by atoms with Crippen molar-refractivity contribution in [3.8, 4) is 11.5 Å². The summed E-state index contributed by atoms with van der Waals surface area (Å²) in [6.07, 6.45) is -0.596. The number of carbonyl (C=O) groups is 2. The predicted octanol–water partition coefficient (Wildman–Crippen LogP) is 5.63. The molecule has 3 aromatic carbocycles. The van der Waals surface area contributed by atoms with Gasteiger partial charge in [0, 0.05) is 10.7 Å². The smallest absolute Gasteiger partial charge is 0.268 e. The Bertz CT molecular complexity index is 1200. The van der Waals surface area contributed by atoms with Crippen molar-refractivity contribution in [2.45, 2.75) is 26.5 Å². The molecule has 8 heteroatoms. The van der Waals surface area contributed by atoms with Gasteiger partial charge in [0.05, 0.1) is 17.3 Å². The van der Waals surface area contributed by atoms with Gasteiger partial charge in [-0.1, -0.05) is 53.0 Å². The molecule has 0 saturated carbocycles. The average molecular weight is 485 g/mol. The van der Waals surface area contributed by atoms with Crippen molar-refractivity contribution in [3.63, 3.8) is 0 Å². The van der Waals surface area contributed by atoms with Crippen molar-refractivity contribution in [2.24, 2.45) is 0 Å². The molecule has 1 atom stereocenters. The summed E-state index contributed by atoms with van der Waals surface area (Å²) in [6, 6.07) is 18.0. The van der Waals surface area contributed by atoms with Crippen LogP contribution in [0, 0.1) is 6.92 Å². The van der Waals surface area contributed by atoms with Crippen LogP contribution in [0.3, 0.4) is 0 Å². The SMILES string of the molecule is Cc1ccc(CN2C(=O)C(C)Oc3ccc(NC(=O)COc4ccc(Cl)cc4Cl)cc32)cc1. The summed E-state index contributed by atoms with van der Waals surface area (Å²) >= 11 is 12.0. The molecule has 0 bridgehead atoms. The van der Waals surface area contributed by atoms with Gasteiger partial charge in [0.15, 0.2) is 12.7 Å². The molecule has 0 radical (unpaired) electrons. The Kier molecular flexibility index (Phi) is 6.77. The van der Waals surface area contributed by atoms with Crippen molar-refractivity contribution in [2.75, 3.05) is 16.8 Å². The van der Waals surface area contributed by atoms with Crippen LogP contribution in [0.15, 0.2) is 60.7 Å². The van der Waals surface area contributed by atoms with Gasteiger partial charge < -0.3 is 19.7 Å². The molecule has 1 heterocycles. The number of halogens is 2. The fourth-order valence-electron chi connectivity index (χ4n) is 3.46. The number of aryl methyl sites for hydroxylation is 1. The van der Waals surface area contributed by atoms with Crippen molar-refractivity contribution >= 4 is 46.4 Å². The molecule has 0 aromatic heterocycles. The number of ether oxygens (including phenoxy) is 2. The van der Waals surface area contributed by atoms with Gasteiger partial charge in [0.1, 0.15) is 11.5 Å². The first-order chi connectivity index (χ1) is 15.8. The molecule has 0 fully saturated rings. The molecule has 0 aliphatic carbocycles. The summed E-state index contributed by atoms with van der Waals surface area (Å²) in [4.78, 5) is 27.0. The van der Waals surface area contributed by atoms with E-state index in [0.29, 0.717) is 39.5 Å². The maximum Gasteiger partial charge on any atom is 0.268 e. The lowest BCUT2D eigenvalue weighted by Crippen LogP contribution is -2.44. The van der Waals surface area contributed by atoms with E-state index in [0.717, 1.165) is 11.1 Å². The van der Waals surface area contributed by atoms with Crippen molar-refractivity contribution < 1.29 is 19.1 Å². The van der Waals surface area contributed by atoms with Crippen molar-refractivity contribution in [3.05, 3.63) is 81.8 Å². The number of hydrogen-bond donors (Lipinski definition) is 1. The lowest BCUT2D eigenvalue weighted by molar-refractivity contribution is -0.125. The second-order valence-electron chi connectivity index (χ2n) is 7.76. The Labute approximate surface area is 202 Å². The maximum absolute atomic E-state index is 12.9. The Morgan fingerprint density at radius 3 is 2.58 bits per heavy atom. The summed E-state index contributed by atoms with van der Waals surface area (Å²) in [5.74, 6) is 0.421. The zero-order valence-electron chi connectivity index (χ0n) is 18.1. The van der Waals surface area contributed by atoms with Gasteiger partial charge in [0.2, 0.25) is 0 Å². The Balaban J connectivity index is 1.49. The second kappa shape index (κ2) is 9.73. The van der Waals surface area contributed by atoms with Crippen LogP contribution in [0.25, 0.3) is 0 Å². The van der Waals surface area contributed by atoms with Gasteiger partial charge >= 0.3 is 0 Å². The van der Waals surface area contributed by atoms with Gasteiger partial charge in [-0.25, -0.2) is 0 Å². The molecule has 1 aliphatic rings. The van der Waals surface area contributed by atoms with E-state index in [9.17, 15) is 9.59 Å². The van der Waals surface area contributed by atoms with Crippen LogP contribution in [0.5, 0.6) is 11.5 Å². The average Bonchev–Trinajstić information content (AvgIpc) is 2.78. The number of nitrogens with zero attached hydrogens (tertiary/aromatic N) is 1. The Morgan fingerprint density at radius 2 is 1.85 bits per heavy atom. The molecule has 3 aromatic rings. The molecule has 2 amide bonds. The Morgan fingerprint density at radius 1 is 1.09 bits per heavy atom. The minimum absolute atomic E-state index is 0.146. The standard InChI is InChI=1S/C25H22Cl2N2O4/c1-15-3-5-17(6-4-15)13-29-21-12-19(8-10-23(21)33-16(2)25(29)31)28-24(30)14-32-22-9-7-18(26)11-20(22)27/h3-12,16H,13-14H2,1-2H3,(H,28,30). The summed E-state index contributed by atoms with van der Waals surface area (Å²) in [6.45, 7) is 3.90. The molecule has 0 saturated heterocycles. The van der Waals surface area contributed by atoms with E-state index in [1.54, 1.807) is 48.2 Å². The Hall–Kier alpha value is -3.22. The van der Waals surface area contributed by atoms with Crippen LogP contribution < -0.4 is 19.7 Å². The highest BCUT2D eigenvalue weighted by Crippen LogP contribution is 2.37. The molecule has 1 N–H and O–H groups in total. The third-order valence-corrected chi connectivity index (χ3v) is 5.70. The van der Waals surface area contributed by atoms with E-state index >= 15 is 0 Å². The third-order valence-electron chi connectivity index (χ3n) is 5.17. The van der Waals surface area contributed by atoms with Gasteiger partial charge in [-0.05, 0) is 55.8 Å². The van der Waals surface area contributed by atoms with Gasteiger partial charge in [-0.15, -0.1) is 0 Å². The zero-order valence-corrected chi connectivity index (χ0v) is 19.6. The minimum Gasteiger partial charge on any atom is -0.482 e. The van der Waals surface area contributed by atoms with Crippen LogP contribution >= 0.6 is 23.2 Å². The van der Waals surface area contributed by atoms with Gasteiger partial charge in [0.25, 0.3) is 11.8 Å². The molecule has 170 valence electrons. The van der Waals surface area contributed by atoms with Crippen LogP contribution in [0.4, 0.5) is 11.4 Å². The number of nitrogens with one attached hydrogen (secondary N) is 1. The quantitative estimate of drug-likeness (QED) is 0.491. The number of anilines is 2. The first kappa shape index (κ1) is 23.0. The fraction of sp³-hybridized carbons (Fsp3) is 0.200. The van der Waals surface area contributed by atoms with E-state index in [-0.39, 0.29) is 18.4 Å².